The van der Waals surface area contributed by atoms with Gasteiger partial charge in [0.25, 0.3) is 5.91 Å². The summed E-state index contributed by atoms with van der Waals surface area (Å²) < 4.78 is 0. The van der Waals surface area contributed by atoms with Gasteiger partial charge in [-0.1, -0.05) is 0 Å². The van der Waals surface area contributed by atoms with Gasteiger partial charge in [-0.3, -0.25) is 14.5 Å². The van der Waals surface area contributed by atoms with Crippen molar-refractivity contribution in [3.63, 3.8) is 0 Å². The zero-order valence-electron chi connectivity index (χ0n) is 15.5. The first-order valence-electron chi connectivity index (χ1n) is 9.70. The molecule has 2 N–H and O–H groups in total. The van der Waals surface area contributed by atoms with Gasteiger partial charge in [0.15, 0.2) is 0 Å². The Morgan fingerprint density at radius 2 is 1.74 bits per heavy atom. The van der Waals surface area contributed by atoms with Crippen LogP contribution in [0.25, 0.3) is 0 Å². The van der Waals surface area contributed by atoms with Gasteiger partial charge in [-0.2, -0.15) is 0 Å². The number of rotatable bonds is 6. The lowest BCUT2D eigenvalue weighted by molar-refractivity contribution is -0.138. The molecule has 1 amide bonds. The van der Waals surface area contributed by atoms with Crippen molar-refractivity contribution in [2.45, 2.75) is 31.7 Å². The molecule has 0 unspecified atom stereocenters. The number of amides is 1. The third-order valence-corrected chi connectivity index (χ3v) is 5.94. The second-order valence-electron chi connectivity index (χ2n) is 7.91. The first-order valence-corrected chi connectivity index (χ1v) is 9.70. The number of anilines is 1. The highest BCUT2D eigenvalue weighted by molar-refractivity contribution is 5.94. The first kappa shape index (κ1) is 20.0. The number of hydrogen-bond donors (Lipinski definition) is 2. The predicted octanol–water partition coefficient (Wildman–Crippen LogP) is 2.23. The fourth-order valence-electron chi connectivity index (χ4n) is 4.44. The highest BCUT2D eigenvalue weighted by Gasteiger charge is 2.43. The van der Waals surface area contributed by atoms with Crippen LogP contribution in [0.5, 0.6) is 0 Å². The topological polar surface area (TPSA) is 72.9 Å². The molecule has 1 aromatic rings. The minimum absolute atomic E-state index is 0. The van der Waals surface area contributed by atoms with E-state index in [-0.39, 0.29) is 30.9 Å². The van der Waals surface area contributed by atoms with Crippen LogP contribution in [0, 0.1) is 11.8 Å². The zero-order chi connectivity index (χ0) is 18.1. The lowest BCUT2D eigenvalue weighted by atomic mass is 9.98. The second kappa shape index (κ2) is 8.48. The summed E-state index contributed by atoms with van der Waals surface area (Å²) in [7, 11) is 0. The van der Waals surface area contributed by atoms with Crippen LogP contribution < -0.4 is 10.2 Å². The molecule has 6 nitrogen and oxygen atoms in total. The van der Waals surface area contributed by atoms with E-state index in [1.54, 1.807) is 0 Å². The molecule has 1 aliphatic carbocycles. The summed E-state index contributed by atoms with van der Waals surface area (Å²) in [5.74, 6) is 0.161. The lowest BCUT2D eigenvalue weighted by Gasteiger charge is -2.20. The molecule has 0 aromatic heterocycles. The van der Waals surface area contributed by atoms with Gasteiger partial charge >= 0.3 is 5.97 Å². The van der Waals surface area contributed by atoms with Crippen molar-refractivity contribution in [3.8, 4) is 0 Å². The Labute approximate surface area is 166 Å². The van der Waals surface area contributed by atoms with Crippen molar-refractivity contribution < 1.29 is 14.7 Å². The highest BCUT2D eigenvalue weighted by atomic mass is 35.5. The van der Waals surface area contributed by atoms with Crippen molar-refractivity contribution in [2.24, 2.45) is 11.8 Å². The molecule has 2 saturated heterocycles. The fraction of sp³-hybridized carbons (Fsp3) is 0.600. The molecule has 2 atom stereocenters. The van der Waals surface area contributed by atoms with Crippen LogP contribution in [0.3, 0.4) is 0 Å². The predicted molar refractivity (Wildman–Crippen MR) is 107 cm³/mol. The number of nitrogens with one attached hydrogen (secondary N) is 1. The van der Waals surface area contributed by atoms with Crippen LogP contribution in [0.1, 0.15) is 36.0 Å². The van der Waals surface area contributed by atoms with E-state index in [4.69, 9.17) is 5.11 Å². The molecule has 3 aliphatic rings. The highest BCUT2D eigenvalue weighted by Crippen LogP contribution is 2.41. The Bertz CT molecular complexity index is 672. The minimum Gasteiger partial charge on any atom is -0.480 e. The normalized spacial score (nSPS) is 25.3. The standard InChI is InChI=1S/C20H27N3O3.ClH/c24-19(25)13-22-11-17(14-3-4-14)18(12-22)21-20(26)15-5-7-16(8-6-15)23-9-1-2-10-23;/h5-8,14,17-18H,1-4,9-13H2,(H,21,26)(H,24,25);1H/t17-,18+;/m1./s1. The molecule has 4 rings (SSSR count). The Kier molecular flexibility index (Phi) is 6.27. The molecular formula is C20H28ClN3O3. The maximum atomic E-state index is 12.7. The number of likely N-dealkylation sites (tertiary alicyclic amines) is 1. The largest absolute Gasteiger partial charge is 0.480 e. The summed E-state index contributed by atoms with van der Waals surface area (Å²) in [6, 6.07) is 7.92. The molecule has 3 fully saturated rings. The third-order valence-electron chi connectivity index (χ3n) is 5.94. The molecule has 0 radical (unpaired) electrons. The second-order valence-corrected chi connectivity index (χ2v) is 7.91. The monoisotopic (exact) mass is 393 g/mol. The average molecular weight is 394 g/mol. The van der Waals surface area contributed by atoms with Gasteiger partial charge in [-0.05, 0) is 61.8 Å². The first-order chi connectivity index (χ1) is 12.6. The molecule has 27 heavy (non-hydrogen) atoms. The number of aliphatic carboxylic acids is 1. The van der Waals surface area contributed by atoms with Gasteiger partial charge in [0.1, 0.15) is 0 Å². The van der Waals surface area contributed by atoms with Crippen LogP contribution in [0.15, 0.2) is 24.3 Å². The van der Waals surface area contributed by atoms with Crippen molar-refractivity contribution in [2.75, 3.05) is 37.6 Å². The Balaban J connectivity index is 0.00000210. The van der Waals surface area contributed by atoms with Gasteiger partial charge < -0.3 is 15.3 Å². The number of nitrogens with zero attached hydrogens (tertiary/aromatic N) is 2. The van der Waals surface area contributed by atoms with Gasteiger partial charge in [-0.15, -0.1) is 12.4 Å². The number of carbonyl (C=O) groups excluding carboxylic acids is 1. The molecule has 1 aromatic carbocycles. The molecule has 7 heteroatoms. The average Bonchev–Trinajstić information content (AvgIpc) is 3.16. The van der Waals surface area contributed by atoms with Gasteiger partial charge in [-0.25, -0.2) is 0 Å². The van der Waals surface area contributed by atoms with Gasteiger partial charge in [0, 0.05) is 43.5 Å². The Hall–Kier alpha value is -1.79. The number of carboxylic acids is 1. The minimum atomic E-state index is -0.802. The van der Waals surface area contributed by atoms with Crippen LogP contribution >= 0.6 is 12.4 Å². The van der Waals surface area contributed by atoms with E-state index in [2.05, 4.69) is 10.2 Å². The Morgan fingerprint density at radius 1 is 1.07 bits per heavy atom. The van der Waals surface area contributed by atoms with E-state index in [0.717, 1.165) is 19.6 Å². The van der Waals surface area contributed by atoms with Crippen LogP contribution in [0.2, 0.25) is 0 Å². The summed E-state index contributed by atoms with van der Waals surface area (Å²) >= 11 is 0. The molecule has 148 valence electrons. The van der Waals surface area contributed by atoms with Crippen molar-refractivity contribution in [1.82, 2.24) is 10.2 Å². The number of carbonyl (C=O) groups is 2. The van der Waals surface area contributed by atoms with Crippen molar-refractivity contribution in [1.29, 1.82) is 0 Å². The van der Waals surface area contributed by atoms with E-state index < -0.39 is 5.97 Å². The van der Waals surface area contributed by atoms with Gasteiger partial charge in [0.2, 0.25) is 0 Å². The molecule has 0 bridgehead atoms. The van der Waals surface area contributed by atoms with Gasteiger partial charge in [0.05, 0.1) is 6.54 Å². The number of hydrogen-bond acceptors (Lipinski definition) is 4. The quantitative estimate of drug-likeness (QED) is 0.775. The molecule has 1 saturated carbocycles. The number of benzene rings is 1. The van der Waals surface area contributed by atoms with E-state index in [1.807, 2.05) is 29.2 Å². The number of carboxylic acid groups (broad SMARTS) is 1. The van der Waals surface area contributed by atoms with Crippen molar-refractivity contribution >= 4 is 30.0 Å². The fourth-order valence-corrected chi connectivity index (χ4v) is 4.44. The Morgan fingerprint density at radius 3 is 2.33 bits per heavy atom. The van der Waals surface area contributed by atoms with E-state index in [9.17, 15) is 9.59 Å². The zero-order valence-corrected chi connectivity index (χ0v) is 16.3. The number of halogens is 1. The van der Waals surface area contributed by atoms with E-state index in [0.29, 0.717) is 23.9 Å². The molecular weight excluding hydrogens is 366 g/mol. The molecule has 0 spiro atoms. The maximum absolute atomic E-state index is 12.7. The molecule has 2 heterocycles. The summed E-state index contributed by atoms with van der Waals surface area (Å²) in [5.41, 5.74) is 1.86. The third kappa shape index (κ3) is 4.74. The summed E-state index contributed by atoms with van der Waals surface area (Å²) in [4.78, 5) is 28.0. The summed E-state index contributed by atoms with van der Waals surface area (Å²) in [6.45, 7) is 3.65. The smallest absolute Gasteiger partial charge is 0.317 e. The van der Waals surface area contributed by atoms with E-state index in [1.165, 1.54) is 31.4 Å². The van der Waals surface area contributed by atoms with Crippen LogP contribution in [-0.4, -0.2) is 60.6 Å². The van der Waals surface area contributed by atoms with Crippen LogP contribution in [0.4, 0.5) is 5.69 Å². The summed E-state index contributed by atoms with van der Waals surface area (Å²) in [6.07, 6.45) is 4.86. The van der Waals surface area contributed by atoms with Crippen molar-refractivity contribution in [3.05, 3.63) is 29.8 Å². The van der Waals surface area contributed by atoms with E-state index >= 15 is 0 Å². The van der Waals surface area contributed by atoms with Crippen LogP contribution in [-0.2, 0) is 4.79 Å². The SMILES string of the molecule is Cl.O=C(O)CN1C[C@H](NC(=O)c2ccc(N3CCCC3)cc2)[C@@H](C2CC2)C1. The maximum Gasteiger partial charge on any atom is 0.317 e. The lowest BCUT2D eigenvalue weighted by Crippen LogP contribution is -2.41. The molecule has 2 aliphatic heterocycles. The summed E-state index contributed by atoms with van der Waals surface area (Å²) in [5, 5.41) is 12.2.